The molecule has 2 nitrogen and oxygen atoms in total. The number of halogens is 1. The average Bonchev–Trinajstić information content (AvgIpc) is 2.35. The van der Waals surface area contributed by atoms with Gasteiger partial charge in [-0.1, -0.05) is 43.6 Å². The molecule has 3 heteroatoms. The van der Waals surface area contributed by atoms with Gasteiger partial charge in [0, 0.05) is 16.1 Å². The van der Waals surface area contributed by atoms with Crippen molar-refractivity contribution in [1.29, 1.82) is 0 Å². The largest absolute Gasteiger partial charge is 0.494 e. The van der Waals surface area contributed by atoms with E-state index in [1.54, 1.807) is 0 Å². The standard InChI is InChI=1S/C17H28BrNO/c1-6-10-19-15(12-17(3,4)5)14-11-13(18)8-9-16(14)20-7-2/h8-9,11,15,19H,6-7,10,12H2,1-5H3. The fraction of sp³-hybridized carbons (Fsp3) is 0.647. The number of ether oxygens (including phenoxy) is 1. The van der Waals surface area contributed by atoms with Gasteiger partial charge in [-0.25, -0.2) is 0 Å². The van der Waals surface area contributed by atoms with Gasteiger partial charge in [0.15, 0.2) is 0 Å². The zero-order valence-corrected chi connectivity index (χ0v) is 15.0. The molecule has 1 aromatic carbocycles. The molecular weight excluding hydrogens is 314 g/mol. The van der Waals surface area contributed by atoms with Crippen molar-refractivity contribution in [2.45, 2.75) is 53.5 Å². The minimum atomic E-state index is 0.275. The van der Waals surface area contributed by atoms with E-state index in [1.807, 2.05) is 13.0 Å². The van der Waals surface area contributed by atoms with Crippen molar-refractivity contribution in [2.75, 3.05) is 13.2 Å². The van der Waals surface area contributed by atoms with Crippen LogP contribution in [0.4, 0.5) is 0 Å². The van der Waals surface area contributed by atoms with E-state index in [0.717, 1.165) is 29.6 Å². The fourth-order valence-corrected chi connectivity index (χ4v) is 2.68. The van der Waals surface area contributed by atoms with Crippen LogP contribution in [-0.4, -0.2) is 13.2 Å². The van der Waals surface area contributed by atoms with E-state index >= 15 is 0 Å². The molecule has 0 saturated heterocycles. The quantitative estimate of drug-likeness (QED) is 0.724. The molecule has 1 rings (SSSR count). The van der Waals surface area contributed by atoms with Crippen molar-refractivity contribution >= 4 is 15.9 Å². The topological polar surface area (TPSA) is 21.3 Å². The molecule has 20 heavy (non-hydrogen) atoms. The van der Waals surface area contributed by atoms with Gasteiger partial charge in [0.05, 0.1) is 6.61 Å². The van der Waals surface area contributed by atoms with E-state index in [0.29, 0.717) is 12.6 Å². The van der Waals surface area contributed by atoms with Crippen molar-refractivity contribution in [2.24, 2.45) is 5.41 Å². The third-order valence-corrected chi connectivity index (χ3v) is 3.60. The molecule has 1 atom stereocenters. The summed E-state index contributed by atoms with van der Waals surface area (Å²) in [5, 5.41) is 3.67. The second kappa shape index (κ2) is 8.04. The summed E-state index contributed by atoms with van der Waals surface area (Å²) in [6.45, 7) is 12.8. The van der Waals surface area contributed by atoms with Crippen LogP contribution in [0.3, 0.4) is 0 Å². The maximum atomic E-state index is 5.81. The predicted octanol–water partition coefficient (Wildman–Crippen LogP) is 5.32. The molecule has 1 unspecified atom stereocenters. The van der Waals surface area contributed by atoms with Crippen LogP contribution in [0.2, 0.25) is 0 Å². The highest BCUT2D eigenvalue weighted by atomic mass is 79.9. The molecule has 0 aliphatic carbocycles. The Morgan fingerprint density at radius 1 is 1.25 bits per heavy atom. The molecule has 0 spiro atoms. The molecule has 0 bridgehead atoms. The van der Waals surface area contributed by atoms with E-state index in [9.17, 15) is 0 Å². The van der Waals surface area contributed by atoms with E-state index < -0.39 is 0 Å². The van der Waals surface area contributed by atoms with E-state index in [-0.39, 0.29) is 5.41 Å². The van der Waals surface area contributed by atoms with Gasteiger partial charge in [0.25, 0.3) is 0 Å². The normalized spacial score (nSPS) is 13.3. The molecule has 0 heterocycles. The molecule has 0 aliphatic rings. The van der Waals surface area contributed by atoms with Crippen LogP contribution in [0.5, 0.6) is 5.75 Å². The lowest BCUT2D eigenvalue weighted by Gasteiger charge is -2.28. The first-order valence-corrected chi connectivity index (χ1v) is 8.32. The first kappa shape index (κ1) is 17.5. The second-order valence-electron chi connectivity index (χ2n) is 6.39. The van der Waals surface area contributed by atoms with Gasteiger partial charge in [-0.05, 0) is 49.9 Å². The first-order chi connectivity index (χ1) is 9.37. The zero-order valence-electron chi connectivity index (χ0n) is 13.4. The molecule has 1 aromatic rings. The summed E-state index contributed by atoms with van der Waals surface area (Å²) in [6.07, 6.45) is 2.22. The van der Waals surface area contributed by atoms with Crippen molar-refractivity contribution in [3.8, 4) is 5.75 Å². The summed E-state index contributed by atoms with van der Waals surface area (Å²) in [5.41, 5.74) is 1.53. The summed E-state index contributed by atoms with van der Waals surface area (Å²) >= 11 is 3.58. The Labute approximate surface area is 132 Å². The third kappa shape index (κ3) is 5.84. The molecule has 0 amide bonds. The Morgan fingerprint density at radius 3 is 2.50 bits per heavy atom. The summed E-state index contributed by atoms with van der Waals surface area (Å²) < 4.78 is 6.91. The molecule has 1 N–H and O–H groups in total. The highest BCUT2D eigenvalue weighted by molar-refractivity contribution is 9.10. The SMILES string of the molecule is CCCNC(CC(C)(C)C)c1cc(Br)ccc1OCC. The Morgan fingerprint density at radius 2 is 1.95 bits per heavy atom. The zero-order chi connectivity index (χ0) is 15.2. The summed E-state index contributed by atoms with van der Waals surface area (Å²) in [4.78, 5) is 0. The van der Waals surface area contributed by atoms with Crippen molar-refractivity contribution in [3.05, 3.63) is 28.2 Å². The van der Waals surface area contributed by atoms with Crippen LogP contribution in [0.15, 0.2) is 22.7 Å². The predicted molar refractivity (Wildman–Crippen MR) is 90.4 cm³/mol. The minimum absolute atomic E-state index is 0.275. The Balaban J connectivity index is 3.06. The molecule has 114 valence electrons. The summed E-state index contributed by atoms with van der Waals surface area (Å²) in [6, 6.07) is 6.62. The lowest BCUT2D eigenvalue weighted by molar-refractivity contribution is 0.294. The summed E-state index contributed by atoms with van der Waals surface area (Å²) in [7, 11) is 0. The van der Waals surface area contributed by atoms with Gasteiger partial charge in [-0.3, -0.25) is 0 Å². The number of hydrogen-bond acceptors (Lipinski definition) is 2. The number of nitrogens with one attached hydrogen (secondary N) is 1. The molecule has 0 aromatic heterocycles. The minimum Gasteiger partial charge on any atom is -0.494 e. The fourth-order valence-electron chi connectivity index (χ4n) is 2.30. The van der Waals surface area contributed by atoms with Gasteiger partial charge < -0.3 is 10.1 Å². The number of benzene rings is 1. The lowest BCUT2D eigenvalue weighted by Crippen LogP contribution is -2.27. The van der Waals surface area contributed by atoms with Gasteiger partial charge in [0.1, 0.15) is 5.75 Å². The Kier molecular flexibility index (Phi) is 7.04. The number of hydrogen-bond donors (Lipinski definition) is 1. The second-order valence-corrected chi connectivity index (χ2v) is 7.30. The van der Waals surface area contributed by atoms with Crippen LogP contribution in [0.25, 0.3) is 0 Å². The lowest BCUT2D eigenvalue weighted by atomic mass is 9.85. The van der Waals surface area contributed by atoms with Crippen LogP contribution in [0.1, 0.15) is 59.1 Å². The Hall–Kier alpha value is -0.540. The van der Waals surface area contributed by atoms with Gasteiger partial charge in [0.2, 0.25) is 0 Å². The first-order valence-electron chi connectivity index (χ1n) is 7.53. The highest BCUT2D eigenvalue weighted by Gasteiger charge is 2.22. The molecule has 0 saturated carbocycles. The molecular formula is C17H28BrNO. The van der Waals surface area contributed by atoms with Crippen molar-refractivity contribution < 1.29 is 4.74 Å². The monoisotopic (exact) mass is 341 g/mol. The van der Waals surface area contributed by atoms with E-state index in [1.165, 1.54) is 5.56 Å². The van der Waals surface area contributed by atoms with Crippen LogP contribution < -0.4 is 10.1 Å². The molecule has 0 fully saturated rings. The van der Waals surface area contributed by atoms with Gasteiger partial charge in [-0.15, -0.1) is 0 Å². The molecule has 0 radical (unpaired) electrons. The van der Waals surface area contributed by atoms with E-state index in [2.05, 4.69) is 61.1 Å². The van der Waals surface area contributed by atoms with Gasteiger partial charge >= 0.3 is 0 Å². The third-order valence-electron chi connectivity index (χ3n) is 3.10. The average molecular weight is 342 g/mol. The van der Waals surface area contributed by atoms with Crippen LogP contribution >= 0.6 is 15.9 Å². The van der Waals surface area contributed by atoms with Crippen molar-refractivity contribution in [1.82, 2.24) is 5.32 Å². The molecule has 0 aliphatic heterocycles. The van der Waals surface area contributed by atoms with Gasteiger partial charge in [-0.2, -0.15) is 0 Å². The summed E-state index contributed by atoms with van der Waals surface area (Å²) in [5.74, 6) is 0.994. The highest BCUT2D eigenvalue weighted by Crippen LogP contribution is 2.35. The smallest absolute Gasteiger partial charge is 0.124 e. The Bertz CT molecular complexity index is 412. The van der Waals surface area contributed by atoms with E-state index in [4.69, 9.17) is 4.74 Å². The maximum absolute atomic E-state index is 5.81. The number of rotatable bonds is 7. The van der Waals surface area contributed by atoms with Crippen LogP contribution in [0, 0.1) is 5.41 Å². The van der Waals surface area contributed by atoms with Crippen LogP contribution in [-0.2, 0) is 0 Å². The van der Waals surface area contributed by atoms with Crippen molar-refractivity contribution in [3.63, 3.8) is 0 Å². The maximum Gasteiger partial charge on any atom is 0.124 e.